The van der Waals surface area contributed by atoms with Crippen LogP contribution in [0.2, 0.25) is 0 Å². The first-order chi connectivity index (χ1) is 11.2. The van der Waals surface area contributed by atoms with Crippen molar-refractivity contribution in [1.82, 2.24) is 4.90 Å². The van der Waals surface area contributed by atoms with E-state index in [2.05, 4.69) is 0 Å². The molecule has 2 aromatic rings. The number of rotatable bonds is 7. The van der Waals surface area contributed by atoms with Crippen molar-refractivity contribution in [3.05, 3.63) is 52.5 Å². The maximum Gasteiger partial charge on any atom is 0.267 e. The van der Waals surface area contributed by atoms with Crippen molar-refractivity contribution in [2.75, 3.05) is 19.8 Å². The van der Waals surface area contributed by atoms with E-state index in [9.17, 15) is 9.18 Å². The summed E-state index contributed by atoms with van der Waals surface area (Å²) in [7, 11) is 0. The number of carbonyl (C=O) groups is 1. The molecule has 6 heteroatoms. The van der Waals surface area contributed by atoms with Gasteiger partial charge in [0.25, 0.3) is 5.91 Å². The lowest BCUT2D eigenvalue weighted by atomic mass is 9.96. The number of hydrogen-bond acceptors (Lipinski definition) is 4. The van der Waals surface area contributed by atoms with Crippen LogP contribution in [0.4, 0.5) is 4.39 Å². The van der Waals surface area contributed by atoms with E-state index < -0.39 is 11.9 Å². The normalized spacial score (nSPS) is 20.4. The first kappa shape index (κ1) is 16.0. The summed E-state index contributed by atoms with van der Waals surface area (Å²) in [6.07, 6.45) is -0.688. The second-order valence-electron chi connectivity index (χ2n) is 5.16. The molecule has 0 saturated carbocycles. The van der Waals surface area contributed by atoms with E-state index in [1.165, 1.54) is 12.1 Å². The number of halogens is 1. The van der Waals surface area contributed by atoms with E-state index in [1.54, 1.807) is 28.4 Å². The van der Waals surface area contributed by atoms with Crippen molar-refractivity contribution in [2.24, 2.45) is 0 Å². The Kier molecular flexibility index (Phi) is 4.93. The van der Waals surface area contributed by atoms with E-state index in [0.717, 1.165) is 4.88 Å². The molecule has 1 aromatic heterocycles. The number of benzene rings is 1. The summed E-state index contributed by atoms with van der Waals surface area (Å²) in [5.41, 5.74) is 0. The summed E-state index contributed by atoms with van der Waals surface area (Å²) >= 11 is 1.56. The van der Waals surface area contributed by atoms with Gasteiger partial charge in [0.1, 0.15) is 6.04 Å². The number of hydrogen-bond donors (Lipinski definition) is 0. The maximum absolute atomic E-state index is 13.8. The minimum atomic E-state index is -0.688. The van der Waals surface area contributed by atoms with Crippen LogP contribution < -0.4 is 4.74 Å². The number of carbonyl (C=O) groups excluding carboxylic acids is 1. The Morgan fingerprint density at radius 3 is 2.78 bits per heavy atom. The summed E-state index contributed by atoms with van der Waals surface area (Å²) in [5, 5.41) is 1.96. The smallest absolute Gasteiger partial charge is 0.267 e. The third-order valence-electron chi connectivity index (χ3n) is 3.75. The molecule has 2 atom stereocenters. The Balaban J connectivity index is 1.76. The second kappa shape index (κ2) is 7.10. The summed E-state index contributed by atoms with van der Waals surface area (Å²) in [4.78, 5) is 15.2. The van der Waals surface area contributed by atoms with Crippen molar-refractivity contribution in [2.45, 2.75) is 19.1 Å². The van der Waals surface area contributed by atoms with Gasteiger partial charge in [0, 0.05) is 18.0 Å². The third-order valence-corrected chi connectivity index (χ3v) is 4.70. The fourth-order valence-electron chi connectivity index (χ4n) is 2.63. The van der Waals surface area contributed by atoms with Gasteiger partial charge in [-0.05, 0) is 30.5 Å². The number of nitrogens with zero attached hydrogens (tertiary/aromatic N) is 1. The van der Waals surface area contributed by atoms with Gasteiger partial charge < -0.3 is 14.4 Å². The van der Waals surface area contributed by atoms with Gasteiger partial charge in [-0.1, -0.05) is 18.2 Å². The summed E-state index contributed by atoms with van der Waals surface area (Å²) in [5.74, 6) is -0.485. The average Bonchev–Trinajstić information content (AvgIpc) is 3.07. The highest BCUT2D eigenvalue weighted by Gasteiger charge is 2.50. The van der Waals surface area contributed by atoms with Crippen LogP contribution in [0.1, 0.15) is 17.8 Å². The Hall–Kier alpha value is -1.92. The van der Waals surface area contributed by atoms with Gasteiger partial charge in [0.2, 0.25) is 6.10 Å². The fraction of sp³-hybridized carbons (Fsp3) is 0.353. The van der Waals surface area contributed by atoms with Crippen LogP contribution in [0, 0.1) is 5.82 Å². The molecule has 1 aliphatic heterocycles. The predicted molar refractivity (Wildman–Crippen MR) is 86.1 cm³/mol. The predicted octanol–water partition coefficient (Wildman–Crippen LogP) is 3.25. The summed E-state index contributed by atoms with van der Waals surface area (Å²) < 4.78 is 24.8. The highest BCUT2D eigenvalue weighted by atomic mass is 32.1. The molecule has 4 nitrogen and oxygen atoms in total. The molecule has 3 rings (SSSR count). The molecular formula is C17H18FNO3S. The molecule has 1 amide bonds. The molecule has 0 unspecified atom stereocenters. The Labute approximate surface area is 138 Å². The number of likely N-dealkylation sites (tertiary alicyclic amines) is 1. The topological polar surface area (TPSA) is 38.8 Å². The van der Waals surface area contributed by atoms with E-state index >= 15 is 0 Å². The molecule has 0 spiro atoms. The van der Waals surface area contributed by atoms with Crippen LogP contribution in [0.3, 0.4) is 0 Å². The zero-order chi connectivity index (χ0) is 16.2. The Morgan fingerprint density at radius 1 is 1.26 bits per heavy atom. The minimum Gasteiger partial charge on any atom is -0.475 e. The summed E-state index contributed by atoms with van der Waals surface area (Å²) in [6.45, 7) is 3.52. The first-order valence-corrected chi connectivity index (χ1v) is 8.43. The fourth-order valence-corrected chi connectivity index (χ4v) is 3.49. The first-order valence-electron chi connectivity index (χ1n) is 7.55. The molecule has 122 valence electrons. The zero-order valence-electron chi connectivity index (χ0n) is 12.8. The standard InChI is InChI=1S/C17H18FNO3S/c1-2-21-10-9-19-15(14-8-5-11-23-14)16(17(19)20)22-13-7-4-3-6-12(13)18/h3-8,11,15-16H,2,9-10H2,1H3/t15-,16-/m1/s1. The average molecular weight is 335 g/mol. The molecule has 1 fully saturated rings. The Morgan fingerprint density at radius 2 is 2.09 bits per heavy atom. The quantitative estimate of drug-likeness (QED) is 0.576. The van der Waals surface area contributed by atoms with Crippen LogP contribution in [-0.2, 0) is 9.53 Å². The number of para-hydroxylation sites is 1. The van der Waals surface area contributed by atoms with Gasteiger partial charge in [-0.3, -0.25) is 4.79 Å². The number of β-lactam (4-membered cyclic amide) rings is 1. The highest BCUT2D eigenvalue weighted by molar-refractivity contribution is 7.10. The molecular weight excluding hydrogens is 317 g/mol. The monoisotopic (exact) mass is 335 g/mol. The number of thiophene rings is 1. The molecule has 1 aromatic carbocycles. The molecule has 0 aliphatic carbocycles. The van der Waals surface area contributed by atoms with Crippen LogP contribution >= 0.6 is 11.3 Å². The van der Waals surface area contributed by atoms with Crippen molar-refractivity contribution < 1.29 is 18.7 Å². The van der Waals surface area contributed by atoms with Gasteiger partial charge in [-0.15, -0.1) is 11.3 Å². The van der Waals surface area contributed by atoms with Gasteiger partial charge in [-0.2, -0.15) is 0 Å². The third kappa shape index (κ3) is 3.23. The molecule has 0 N–H and O–H groups in total. The molecule has 23 heavy (non-hydrogen) atoms. The van der Waals surface area contributed by atoms with Crippen LogP contribution in [0.5, 0.6) is 5.75 Å². The number of amides is 1. The lowest BCUT2D eigenvalue weighted by molar-refractivity contribution is -0.165. The SMILES string of the molecule is CCOCCN1C(=O)[C@H](Oc2ccccc2F)[C@H]1c1cccs1. The van der Waals surface area contributed by atoms with Crippen molar-refractivity contribution >= 4 is 17.2 Å². The number of ether oxygens (including phenoxy) is 2. The van der Waals surface area contributed by atoms with E-state index in [4.69, 9.17) is 9.47 Å². The van der Waals surface area contributed by atoms with Crippen molar-refractivity contribution in [3.63, 3.8) is 0 Å². The van der Waals surface area contributed by atoms with E-state index in [-0.39, 0.29) is 17.7 Å². The molecule has 2 heterocycles. The highest BCUT2D eigenvalue weighted by Crippen LogP contribution is 2.39. The molecule has 0 bridgehead atoms. The summed E-state index contributed by atoms with van der Waals surface area (Å²) in [6, 6.07) is 9.85. The Bertz CT molecular complexity index is 662. The second-order valence-corrected chi connectivity index (χ2v) is 6.14. The van der Waals surface area contributed by atoms with Crippen molar-refractivity contribution in [1.29, 1.82) is 0 Å². The van der Waals surface area contributed by atoms with Gasteiger partial charge >= 0.3 is 0 Å². The maximum atomic E-state index is 13.8. The van der Waals surface area contributed by atoms with Gasteiger partial charge in [-0.25, -0.2) is 4.39 Å². The van der Waals surface area contributed by atoms with Gasteiger partial charge in [0.05, 0.1) is 6.61 Å². The van der Waals surface area contributed by atoms with E-state index in [1.807, 2.05) is 24.4 Å². The zero-order valence-corrected chi connectivity index (χ0v) is 13.6. The van der Waals surface area contributed by atoms with Crippen LogP contribution in [0.25, 0.3) is 0 Å². The largest absolute Gasteiger partial charge is 0.475 e. The minimum absolute atomic E-state index is 0.108. The molecule has 1 saturated heterocycles. The van der Waals surface area contributed by atoms with Crippen LogP contribution in [0.15, 0.2) is 41.8 Å². The lowest BCUT2D eigenvalue weighted by Gasteiger charge is -2.46. The van der Waals surface area contributed by atoms with E-state index in [0.29, 0.717) is 19.8 Å². The lowest BCUT2D eigenvalue weighted by Crippen LogP contribution is -2.61. The van der Waals surface area contributed by atoms with Crippen LogP contribution in [-0.4, -0.2) is 36.7 Å². The van der Waals surface area contributed by atoms with Crippen molar-refractivity contribution in [3.8, 4) is 5.75 Å². The molecule has 0 radical (unpaired) electrons. The molecule has 1 aliphatic rings. The van der Waals surface area contributed by atoms with Gasteiger partial charge in [0.15, 0.2) is 11.6 Å².